The molecule has 1 aliphatic heterocycles. The van der Waals surface area contributed by atoms with Crippen molar-refractivity contribution in [2.75, 3.05) is 22.4 Å². The normalized spacial score (nSPS) is 17.0. The molecule has 0 aliphatic carbocycles. The summed E-state index contributed by atoms with van der Waals surface area (Å²) in [6, 6.07) is 11.8. The van der Waals surface area contributed by atoms with Crippen molar-refractivity contribution in [3.05, 3.63) is 52.0 Å². The Hall–Kier alpha value is -1.77. The number of sulfonamides is 1. The summed E-state index contributed by atoms with van der Waals surface area (Å²) in [5.74, 6) is -0.0158. The highest BCUT2D eigenvalue weighted by molar-refractivity contribution is 9.10. The zero-order valence-electron chi connectivity index (χ0n) is 13.8. The Morgan fingerprint density at radius 1 is 1.31 bits per heavy atom. The summed E-state index contributed by atoms with van der Waals surface area (Å²) in [7, 11) is -3.48. The molecule has 1 atom stereocenters. The van der Waals surface area contributed by atoms with Gasteiger partial charge in [0.15, 0.2) is 6.10 Å². The van der Waals surface area contributed by atoms with Crippen LogP contribution in [0.2, 0.25) is 5.02 Å². The molecule has 0 bridgehead atoms. The average molecular weight is 460 g/mol. The lowest BCUT2D eigenvalue weighted by Gasteiger charge is -2.20. The molecule has 2 aromatic carbocycles. The molecule has 3 rings (SSSR count). The Labute approximate surface area is 165 Å². The van der Waals surface area contributed by atoms with Gasteiger partial charge in [0.25, 0.3) is 5.91 Å². The Morgan fingerprint density at radius 3 is 2.73 bits per heavy atom. The largest absolute Gasteiger partial charge is 0.478 e. The summed E-state index contributed by atoms with van der Waals surface area (Å²) in [6.45, 7) is 0.148. The van der Waals surface area contributed by atoms with Crippen LogP contribution in [0.4, 0.5) is 11.4 Å². The van der Waals surface area contributed by atoms with Gasteiger partial charge < -0.3 is 10.1 Å². The molecule has 26 heavy (non-hydrogen) atoms. The molecule has 0 saturated heterocycles. The van der Waals surface area contributed by atoms with Crippen LogP contribution in [-0.4, -0.2) is 33.2 Å². The predicted octanol–water partition coefficient (Wildman–Crippen LogP) is 3.66. The van der Waals surface area contributed by atoms with Gasteiger partial charge in [-0.3, -0.25) is 9.10 Å². The van der Waals surface area contributed by atoms with E-state index >= 15 is 0 Å². The highest BCUT2D eigenvalue weighted by atomic mass is 79.9. The molecule has 1 heterocycles. The van der Waals surface area contributed by atoms with Gasteiger partial charge in [-0.15, -0.1) is 0 Å². The lowest BCUT2D eigenvalue weighted by molar-refractivity contribution is -0.122. The van der Waals surface area contributed by atoms with Crippen LogP contribution in [0.1, 0.15) is 6.42 Å². The third-order valence-electron chi connectivity index (χ3n) is 3.88. The number of para-hydroxylation sites is 2. The first-order valence-electron chi connectivity index (χ1n) is 7.75. The molecule has 1 unspecified atom stereocenters. The van der Waals surface area contributed by atoms with Crippen molar-refractivity contribution in [1.82, 2.24) is 0 Å². The minimum atomic E-state index is -3.48. The summed E-state index contributed by atoms with van der Waals surface area (Å²) < 4.78 is 32.0. The molecular formula is C17H16BrClN2O4S. The van der Waals surface area contributed by atoms with Gasteiger partial charge in [0.05, 0.1) is 17.0 Å². The highest BCUT2D eigenvalue weighted by Crippen LogP contribution is 2.34. The van der Waals surface area contributed by atoms with Gasteiger partial charge in [-0.2, -0.15) is 0 Å². The molecule has 1 aliphatic rings. The standard InChI is InChI=1S/C17H16BrClN2O4S/c1-26(23,24)21-9-8-16(25-15-5-3-2-4-14(15)21)17(22)20-11-6-7-12(18)13(19)10-11/h2-7,10,16H,8-9H2,1H3,(H,20,22). The molecule has 1 amide bonds. The van der Waals surface area contributed by atoms with Gasteiger partial charge in [-0.05, 0) is 46.3 Å². The number of nitrogens with one attached hydrogen (secondary N) is 1. The lowest BCUT2D eigenvalue weighted by Crippen LogP contribution is -2.35. The van der Waals surface area contributed by atoms with Gasteiger partial charge in [-0.25, -0.2) is 8.42 Å². The highest BCUT2D eigenvalue weighted by Gasteiger charge is 2.31. The molecule has 138 valence electrons. The Bertz CT molecular complexity index is 952. The van der Waals surface area contributed by atoms with E-state index in [4.69, 9.17) is 16.3 Å². The molecule has 2 aromatic rings. The minimum Gasteiger partial charge on any atom is -0.478 e. The number of carbonyl (C=O) groups is 1. The van der Waals surface area contributed by atoms with Crippen molar-refractivity contribution in [1.29, 1.82) is 0 Å². The third-order valence-corrected chi connectivity index (χ3v) is 6.29. The maximum Gasteiger partial charge on any atom is 0.265 e. The second-order valence-electron chi connectivity index (χ2n) is 5.82. The zero-order valence-corrected chi connectivity index (χ0v) is 16.9. The fourth-order valence-corrected chi connectivity index (χ4v) is 4.03. The van der Waals surface area contributed by atoms with Crippen LogP contribution in [-0.2, 0) is 14.8 Å². The van der Waals surface area contributed by atoms with Crippen LogP contribution in [0.5, 0.6) is 5.75 Å². The summed E-state index contributed by atoms with van der Waals surface area (Å²) >= 11 is 9.34. The first kappa shape index (κ1) is 19.0. The van der Waals surface area contributed by atoms with Crippen LogP contribution in [0.25, 0.3) is 0 Å². The van der Waals surface area contributed by atoms with E-state index in [2.05, 4.69) is 21.2 Å². The topological polar surface area (TPSA) is 75.7 Å². The van der Waals surface area contributed by atoms with Gasteiger partial charge in [0.2, 0.25) is 10.0 Å². The fraction of sp³-hybridized carbons (Fsp3) is 0.235. The Morgan fingerprint density at radius 2 is 2.04 bits per heavy atom. The Balaban J connectivity index is 1.84. The number of ether oxygens (including phenoxy) is 1. The third kappa shape index (κ3) is 4.13. The molecule has 0 aromatic heterocycles. The summed E-state index contributed by atoms with van der Waals surface area (Å²) in [4.78, 5) is 12.6. The first-order chi connectivity index (χ1) is 12.3. The molecule has 0 saturated carbocycles. The van der Waals surface area contributed by atoms with Crippen molar-refractivity contribution in [3.63, 3.8) is 0 Å². The van der Waals surface area contributed by atoms with E-state index in [1.807, 2.05) is 0 Å². The van der Waals surface area contributed by atoms with Crippen LogP contribution < -0.4 is 14.4 Å². The SMILES string of the molecule is CS(=O)(=O)N1CCC(C(=O)Nc2ccc(Br)c(Cl)c2)Oc2ccccc21. The molecule has 0 spiro atoms. The minimum absolute atomic E-state index is 0.148. The number of rotatable bonds is 3. The number of benzene rings is 2. The van der Waals surface area contributed by atoms with Crippen LogP contribution in [0.15, 0.2) is 46.9 Å². The maximum atomic E-state index is 12.6. The van der Waals surface area contributed by atoms with Crippen molar-refractivity contribution >= 4 is 54.8 Å². The van der Waals surface area contributed by atoms with E-state index in [1.54, 1.807) is 42.5 Å². The number of amides is 1. The number of hydrogen-bond acceptors (Lipinski definition) is 4. The van der Waals surface area contributed by atoms with E-state index in [9.17, 15) is 13.2 Å². The second-order valence-corrected chi connectivity index (χ2v) is 8.98. The predicted molar refractivity (Wildman–Crippen MR) is 105 cm³/mol. The molecule has 1 N–H and O–H groups in total. The van der Waals surface area contributed by atoms with Crippen molar-refractivity contribution < 1.29 is 17.9 Å². The van der Waals surface area contributed by atoms with Crippen LogP contribution >= 0.6 is 27.5 Å². The van der Waals surface area contributed by atoms with E-state index in [0.717, 1.165) is 10.7 Å². The number of carbonyl (C=O) groups excluding carboxylic acids is 1. The molecule has 6 nitrogen and oxygen atoms in total. The fourth-order valence-electron chi connectivity index (χ4n) is 2.66. The van der Waals surface area contributed by atoms with E-state index < -0.39 is 16.1 Å². The van der Waals surface area contributed by atoms with Gasteiger partial charge in [0, 0.05) is 23.1 Å². The monoisotopic (exact) mass is 458 g/mol. The molecule has 0 radical (unpaired) electrons. The first-order valence-corrected chi connectivity index (χ1v) is 10.8. The Kier molecular flexibility index (Phi) is 5.45. The smallest absolute Gasteiger partial charge is 0.265 e. The summed E-state index contributed by atoms with van der Waals surface area (Å²) in [5, 5.41) is 3.23. The molecule has 0 fully saturated rings. The van der Waals surface area contributed by atoms with Gasteiger partial charge in [-0.1, -0.05) is 23.7 Å². The number of fused-ring (bicyclic) bond motifs is 1. The lowest BCUT2D eigenvalue weighted by atomic mass is 10.2. The number of nitrogens with zero attached hydrogens (tertiary/aromatic N) is 1. The number of hydrogen-bond donors (Lipinski definition) is 1. The van der Waals surface area contributed by atoms with E-state index in [-0.39, 0.29) is 18.9 Å². The second kappa shape index (κ2) is 7.46. The summed E-state index contributed by atoms with van der Waals surface area (Å²) in [6.07, 6.45) is 0.525. The van der Waals surface area contributed by atoms with Gasteiger partial charge >= 0.3 is 0 Å². The van der Waals surface area contributed by atoms with Crippen LogP contribution in [0, 0.1) is 0 Å². The molecular weight excluding hydrogens is 444 g/mol. The van der Waals surface area contributed by atoms with Crippen molar-refractivity contribution in [2.24, 2.45) is 0 Å². The van der Waals surface area contributed by atoms with Crippen LogP contribution in [0.3, 0.4) is 0 Å². The zero-order chi connectivity index (χ0) is 18.9. The quantitative estimate of drug-likeness (QED) is 0.760. The number of halogens is 2. The average Bonchev–Trinajstić information content (AvgIpc) is 2.77. The maximum absolute atomic E-state index is 12.6. The summed E-state index contributed by atoms with van der Waals surface area (Å²) in [5.41, 5.74) is 0.960. The van der Waals surface area contributed by atoms with Crippen molar-refractivity contribution in [2.45, 2.75) is 12.5 Å². The number of anilines is 2. The van der Waals surface area contributed by atoms with Gasteiger partial charge in [0.1, 0.15) is 5.75 Å². The molecule has 9 heteroatoms. The van der Waals surface area contributed by atoms with E-state index in [1.165, 1.54) is 4.31 Å². The van der Waals surface area contributed by atoms with E-state index in [0.29, 0.717) is 22.1 Å². The van der Waals surface area contributed by atoms with Crippen molar-refractivity contribution in [3.8, 4) is 5.75 Å².